The van der Waals surface area contributed by atoms with Crippen LogP contribution in [-0.4, -0.2) is 31.2 Å². The van der Waals surface area contributed by atoms with Crippen LogP contribution in [0.5, 0.6) is 11.5 Å². The molecular weight excluding hydrogens is 298 g/mol. The molecule has 1 aromatic rings. The Kier molecular flexibility index (Phi) is 7.66. The fourth-order valence-corrected chi connectivity index (χ4v) is 1.66. The van der Waals surface area contributed by atoms with E-state index in [-0.39, 0.29) is 0 Å². The number of amides is 1. The topological polar surface area (TPSA) is 87.9 Å². The Hall–Kier alpha value is -2.50. The van der Waals surface area contributed by atoms with Crippen LogP contribution in [0.15, 0.2) is 24.3 Å². The molecule has 6 nitrogen and oxygen atoms in total. The maximum absolute atomic E-state index is 11.6. The third-order valence-electron chi connectivity index (χ3n) is 2.83. The zero-order valence-corrected chi connectivity index (χ0v) is 13.7. The quantitative estimate of drug-likeness (QED) is 0.557. The molecule has 6 heteroatoms. The van der Waals surface area contributed by atoms with Crippen LogP contribution in [0.2, 0.25) is 0 Å². The normalized spacial score (nSPS) is 12.0. The Morgan fingerprint density at radius 2 is 1.96 bits per heavy atom. The number of hydrogen-bond acceptors (Lipinski definition) is 5. The van der Waals surface area contributed by atoms with Crippen LogP contribution >= 0.6 is 0 Å². The highest BCUT2D eigenvalue weighted by Crippen LogP contribution is 2.29. The average molecular weight is 321 g/mol. The predicted molar refractivity (Wildman–Crippen MR) is 87.2 cm³/mol. The third kappa shape index (κ3) is 6.42. The molecule has 0 heterocycles. The molecule has 0 aliphatic carbocycles. The summed E-state index contributed by atoms with van der Waals surface area (Å²) in [5.41, 5.74) is 5.78. The van der Waals surface area contributed by atoms with Crippen molar-refractivity contribution in [3.8, 4) is 11.5 Å². The minimum absolute atomic E-state index is 0.508. The van der Waals surface area contributed by atoms with Crippen molar-refractivity contribution in [3.05, 3.63) is 29.8 Å². The molecule has 0 spiro atoms. The Bertz CT molecular complexity index is 568. The maximum Gasteiger partial charge on any atom is 0.331 e. The van der Waals surface area contributed by atoms with Crippen molar-refractivity contribution in [3.63, 3.8) is 0 Å². The van der Waals surface area contributed by atoms with Gasteiger partial charge < -0.3 is 19.9 Å². The van der Waals surface area contributed by atoms with Gasteiger partial charge in [-0.3, -0.25) is 4.79 Å². The van der Waals surface area contributed by atoms with Crippen LogP contribution in [0, 0.1) is 0 Å². The zero-order chi connectivity index (χ0) is 17.2. The zero-order valence-electron chi connectivity index (χ0n) is 13.7. The lowest BCUT2D eigenvalue weighted by Crippen LogP contribution is -2.29. The molecule has 0 fully saturated rings. The van der Waals surface area contributed by atoms with Gasteiger partial charge in [-0.05, 0) is 44.0 Å². The monoisotopic (exact) mass is 321 g/mol. The Morgan fingerprint density at radius 3 is 2.57 bits per heavy atom. The van der Waals surface area contributed by atoms with E-state index in [1.165, 1.54) is 13.0 Å². The Balaban J connectivity index is 2.79. The van der Waals surface area contributed by atoms with Crippen molar-refractivity contribution in [2.75, 3.05) is 13.2 Å². The van der Waals surface area contributed by atoms with Crippen LogP contribution in [0.25, 0.3) is 6.08 Å². The smallest absolute Gasteiger partial charge is 0.331 e. The summed E-state index contributed by atoms with van der Waals surface area (Å²) >= 11 is 0. The number of carbonyl (C=O) groups is 2. The lowest BCUT2D eigenvalue weighted by atomic mass is 10.2. The number of benzene rings is 1. The highest BCUT2D eigenvalue weighted by Gasteiger charge is 2.12. The van der Waals surface area contributed by atoms with Crippen molar-refractivity contribution < 1.29 is 23.8 Å². The molecule has 0 unspecified atom stereocenters. The third-order valence-corrected chi connectivity index (χ3v) is 2.83. The largest absolute Gasteiger partial charge is 0.490 e. The summed E-state index contributed by atoms with van der Waals surface area (Å²) in [5.74, 6) is -0.0545. The van der Waals surface area contributed by atoms with Gasteiger partial charge in [0.1, 0.15) is 0 Å². The minimum atomic E-state index is -0.962. The van der Waals surface area contributed by atoms with Crippen LogP contribution in [-0.2, 0) is 14.3 Å². The van der Waals surface area contributed by atoms with E-state index >= 15 is 0 Å². The number of nitrogens with two attached hydrogens (primary N) is 1. The van der Waals surface area contributed by atoms with Crippen LogP contribution in [0.1, 0.15) is 32.8 Å². The Labute approximate surface area is 136 Å². The molecule has 1 aromatic carbocycles. The first-order chi connectivity index (χ1) is 11.0. The van der Waals surface area contributed by atoms with Crippen LogP contribution in [0.4, 0.5) is 0 Å². The van der Waals surface area contributed by atoms with Gasteiger partial charge in [-0.1, -0.05) is 13.0 Å². The van der Waals surface area contributed by atoms with Crippen molar-refractivity contribution in [1.29, 1.82) is 0 Å². The molecule has 0 aliphatic rings. The van der Waals surface area contributed by atoms with Gasteiger partial charge in [-0.15, -0.1) is 0 Å². The first-order valence-corrected chi connectivity index (χ1v) is 7.55. The van der Waals surface area contributed by atoms with Gasteiger partial charge in [0, 0.05) is 6.08 Å². The van der Waals surface area contributed by atoms with E-state index < -0.39 is 18.0 Å². The molecule has 2 N–H and O–H groups in total. The van der Waals surface area contributed by atoms with Gasteiger partial charge in [0.05, 0.1) is 13.2 Å². The van der Waals surface area contributed by atoms with Crippen LogP contribution in [0.3, 0.4) is 0 Å². The van der Waals surface area contributed by atoms with Crippen molar-refractivity contribution >= 4 is 18.0 Å². The number of hydrogen-bond donors (Lipinski definition) is 1. The van der Waals surface area contributed by atoms with Gasteiger partial charge in [0.25, 0.3) is 5.91 Å². The SMILES string of the molecule is CCCOc1ccc(/C=C/C(=O)O[C@@H](C)C(N)=O)cc1OCC. The van der Waals surface area contributed by atoms with E-state index in [0.29, 0.717) is 24.7 Å². The molecule has 0 aliphatic heterocycles. The molecule has 0 bridgehead atoms. The summed E-state index contributed by atoms with van der Waals surface area (Å²) in [4.78, 5) is 22.4. The number of esters is 1. The lowest BCUT2D eigenvalue weighted by molar-refractivity contribution is -0.148. The van der Waals surface area contributed by atoms with Gasteiger partial charge in [-0.2, -0.15) is 0 Å². The Morgan fingerprint density at radius 1 is 1.22 bits per heavy atom. The second-order valence-electron chi connectivity index (χ2n) is 4.80. The summed E-state index contributed by atoms with van der Waals surface area (Å²) in [6, 6.07) is 5.36. The van der Waals surface area contributed by atoms with Crippen LogP contribution < -0.4 is 15.2 Å². The lowest BCUT2D eigenvalue weighted by Gasteiger charge is -2.12. The predicted octanol–water partition coefficient (Wildman–Crippen LogP) is 2.30. The minimum Gasteiger partial charge on any atom is -0.490 e. The van der Waals surface area contributed by atoms with E-state index in [1.54, 1.807) is 24.3 Å². The molecule has 0 saturated carbocycles. The molecule has 1 atom stereocenters. The van der Waals surface area contributed by atoms with E-state index in [2.05, 4.69) is 0 Å². The van der Waals surface area contributed by atoms with Gasteiger partial charge in [0.2, 0.25) is 0 Å². The molecule has 0 saturated heterocycles. The molecule has 0 radical (unpaired) electrons. The molecule has 126 valence electrons. The summed E-state index contributed by atoms with van der Waals surface area (Å²) in [5, 5.41) is 0. The summed E-state index contributed by atoms with van der Waals surface area (Å²) in [7, 11) is 0. The highest BCUT2D eigenvalue weighted by atomic mass is 16.5. The van der Waals surface area contributed by atoms with E-state index in [1.807, 2.05) is 13.8 Å². The van der Waals surface area contributed by atoms with Gasteiger partial charge in [-0.25, -0.2) is 4.79 Å². The number of carbonyl (C=O) groups excluding carboxylic acids is 2. The fourth-order valence-electron chi connectivity index (χ4n) is 1.66. The van der Waals surface area contributed by atoms with Crippen molar-refractivity contribution in [2.24, 2.45) is 5.73 Å². The van der Waals surface area contributed by atoms with E-state index in [9.17, 15) is 9.59 Å². The summed E-state index contributed by atoms with van der Waals surface area (Å²) < 4.78 is 16.0. The van der Waals surface area contributed by atoms with Crippen molar-refractivity contribution in [1.82, 2.24) is 0 Å². The average Bonchev–Trinajstić information content (AvgIpc) is 2.52. The van der Waals surface area contributed by atoms with Gasteiger partial charge in [0.15, 0.2) is 17.6 Å². The molecular formula is C17H23NO5. The summed E-state index contributed by atoms with van der Waals surface area (Å²) in [6.45, 7) is 6.44. The first-order valence-electron chi connectivity index (χ1n) is 7.55. The molecule has 1 amide bonds. The molecule has 23 heavy (non-hydrogen) atoms. The highest BCUT2D eigenvalue weighted by molar-refractivity contribution is 5.90. The number of ether oxygens (including phenoxy) is 3. The standard InChI is InChI=1S/C17H23NO5/c1-4-10-22-14-8-6-13(11-15(14)21-5-2)7-9-16(19)23-12(3)17(18)20/h6-9,11-12H,4-5,10H2,1-3H3,(H2,18,20)/b9-7+/t12-/m0/s1. The second kappa shape index (κ2) is 9.50. The first kappa shape index (κ1) is 18.5. The van der Waals surface area contributed by atoms with E-state index in [4.69, 9.17) is 19.9 Å². The summed E-state index contributed by atoms with van der Waals surface area (Å²) in [6.07, 6.45) is 2.74. The van der Waals surface area contributed by atoms with Gasteiger partial charge >= 0.3 is 5.97 Å². The molecule has 1 rings (SSSR count). The maximum atomic E-state index is 11.6. The number of primary amides is 1. The second-order valence-corrected chi connectivity index (χ2v) is 4.80. The van der Waals surface area contributed by atoms with E-state index in [0.717, 1.165) is 12.0 Å². The van der Waals surface area contributed by atoms with Crippen molar-refractivity contribution in [2.45, 2.75) is 33.3 Å². The fraction of sp³-hybridized carbons (Fsp3) is 0.412. The molecule has 0 aromatic heterocycles. The number of rotatable bonds is 9.